The normalized spacial score (nSPS) is 12.7. The predicted molar refractivity (Wildman–Crippen MR) is 186 cm³/mol. The van der Waals surface area contributed by atoms with E-state index in [4.69, 9.17) is 21.9 Å². The maximum atomic E-state index is 12.4. The van der Waals surface area contributed by atoms with Gasteiger partial charge in [0.2, 0.25) is 17.2 Å². The number of nitrogens with one attached hydrogen (secondary N) is 2. The van der Waals surface area contributed by atoms with Gasteiger partial charge in [-0.1, -0.05) is 24.3 Å². The maximum Gasteiger partial charge on any atom is 0.397 e. The zero-order valence-electron chi connectivity index (χ0n) is 25.7. The Morgan fingerprint density at radius 3 is 1.85 bits per heavy atom. The molecule has 20 nitrogen and oxygen atoms in total. The smallest absolute Gasteiger partial charge is 0.396 e. The Labute approximate surface area is 300 Å². The first-order valence-electron chi connectivity index (χ1n) is 13.9. The van der Waals surface area contributed by atoms with Gasteiger partial charge in [-0.25, -0.2) is 12.6 Å². The second-order valence-electron chi connectivity index (χ2n) is 10.3. The summed E-state index contributed by atoms with van der Waals surface area (Å²) in [6.07, 6.45) is 0. The molecule has 1 aromatic heterocycles. The first kappa shape index (κ1) is 38.3. The van der Waals surface area contributed by atoms with Gasteiger partial charge in [0.1, 0.15) is 21.2 Å². The van der Waals surface area contributed by atoms with Gasteiger partial charge in [0, 0.05) is 22.1 Å². The lowest BCUT2D eigenvalue weighted by atomic mass is 10.1. The highest BCUT2D eigenvalue weighted by Crippen LogP contribution is 2.38. The summed E-state index contributed by atoms with van der Waals surface area (Å²) in [5, 5.41) is 13.3. The summed E-state index contributed by atoms with van der Waals surface area (Å²) in [4.78, 5) is 10.7. The number of benzene rings is 4. The van der Waals surface area contributed by atoms with Crippen LogP contribution >= 0.6 is 11.6 Å². The first-order chi connectivity index (χ1) is 24.2. The topological polar surface area (TPSA) is 320 Å². The number of halogens is 1. The molecule has 0 unspecified atom stereocenters. The summed E-state index contributed by atoms with van der Waals surface area (Å²) < 4.78 is 127. The molecular formula is C27H23ClN8O12S4. The Bertz CT molecular complexity index is 2680. The number of azo groups is 1. The Hall–Kier alpha value is -4.92. The highest BCUT2D eigenvalue weighted by Gasteiger charge is 2.21. The Kier molecular flexibility index (Phi) is 10.8. The fourth-order valence-electron chi connectivity index (χ4n) is 4.48. The van der Waals surface area contributed by atoms with E-state index in [1.807, 2.05) is 0 Å². The second kappa shape index (κ2) is 14.6. The number of hydrogen-bond acceptors (Lipinski definition) is 17. The Balaban J connectivity index is 1.41. The molecule has 1 heterocycles. The van der Waals surface area contributed by atoms with E-state index in [0.29, 0.717) is 0 Å². The molecule has 0 saturated carbocycles. The second-order valence-corrected chi connectivity index (χ2v) is 16.6. The van der Waals surface area contributed by atoms with Crippen LogP contribution in [0.15, 0.2) is 97.7 Å². The van der Waals surface area contributed by atoms with Gasteiger partial charge in [-0.05, 0) is 60.1 Å². The monoisotopic (exact) mass is 814 g/mol. The molecule has 52 heavy (non-hydrogen) atoms. The van der Waals surface area contributed by atoms with Crippen LogP contribution < -0.4 is 16.4 Å². The summed E-state index contributed by atoms with van der Waals surface area (Å²) in [6, 6.07) is 15.3. The third kappa shape index (κ3) is 9.49. The van der Waals surface area contributed by atoms with Gasteiger partial charge in [-0.3, -0.25) is 13.7 Å². The number of fused-ring (bicyclic) bond motifs is 1. The highest BCUT2D eigenvalue weighted by atomic mass is 35.5. The number of rotatable bonds is 13. The summed E-state index contributed by atoms with van der Waals surface area (Å²) in [5.41, 5.74) is 5.83. The van der Waals surface area contributed by atoms with Gasteiger partial charge in [0.15, 0.2) is 9.84 Å². The van der Waals surface area contributed by atoms with Gasteiger partial charge in [0.25, 0.3) is 20.2 Å². The lowest BCUT2D eigenvalue weighted by molar-refractivity contribution is 0.284. The zero-order valence-corrected chi connectivity index (χ0v) is 29.7. The van der Waals surface area contributed by atoms with E-state index in [0.717, 1.165) is 18.2 Å². The minimum absolute atomic E-state index is 0.0455. The molecule has 0 fully saturated rings. The van der Waals surface area contributed by atoms with E-state index in [2.05, 4.69) is 40.0 Å². The number of hydrogen-bond donors (Lipinski definition) is 6. The van der Waals surface area contributed by atoms with Gasteiger partial charge < -0.3 is 16.4 Å². The third-order valence-electron chi connectivity index (χ3n) is 6.72. The molecule has 5 rings (SSSR count). The van der Waals surface area contributed by atoms with E-state index >= 15 is 0 Å². The number of sulfone groups is 1. The summed E-state index contributed by atoms with van der Waals surface area (Å²) in [7, 11) is -18.4. The standard InChI is InChI=1S/C27H23ClN8O12S4/c28-25-32-26(30-15-5-8-17(9-6-15)49(37,38)12-11-48-52(45,46)47)34-27(33-25)31-16-7-10-22(50(39,40)41)20(13-16)35-36-21-14-23(51(42,43)44)18-3-1-2-4-19(18)24(21)29/h1-10,13-14H,11-12,29H2,(H,39,40,41)(H,42,43,44)(H,45,46,47)(H2,30,31,32,33,34)/b36-35+. The van der Waals surface area contributed by atoms with Gasteiger partial charge in [-0.2, -0.15) is 40.2 Å². The van der Waals surface area contributed by atoms with Crippen molar-refractivity contribution >= 4 is 103 Å². The molecule has 7 N–H and O–H groups in total. The number of nitrogen functional groups attached to an aromatic ring is 1. The molecule has 25 heteroatoms. The Morgan fingerprint density at radius 2 is 1.25 bits per heavy atom. The quantitative estimate of drug-likeness (QED) is 0.0549. The van der Waals surface area contributed by atoms with Crippen LogP contribution in [0.2, 0.25) is 5.28 Å². The maximum absolute atomic E-state index is 12.4. The van der Waals surface area contributed by atoms with Crippen LogP contribution in [0.4, 0.5) is 40.3 Å². The number of nitrogens with two attached hydrogens (primary N) is 1. The predicted octanol–water partition coefficient (Wildman–Crippen LogP) is 4.25. The fraction of sp³-hybridized carbons (Fsp3) is 0.0741. The highest BCUT2D eigenvalue weighted by molar-refractivity contribution is 7.91. The van der Waals surface area contributed by atoms with Crippen molar-refractivity contribution in [1.82, 2.24) is 15.0 Å². The van der Waals surface area contributed by atoms with Gasteiger partial charge >= 0.3 is 10.4 Å². The van der Waals surface area contributed by atoms with Crippen LogP contribution in [0.3, 0.4) is 0 Å². The van der Waals surface area contributed by atoms with Crippen LogP contribution in [0.1, 0.15) is 0 Å². The van der Waals surface area contributed by atoms with Crippen LogP contribution in [0, 0.1) is 0 Å². The molecule has 0 amide bonds. The van der Waals surface area contributed by atoms with Crippen LogP contribution in [0.5, 0.6) is 0 Å². The molecule has 0 aliphatic heterocycles. The number of aromatic nitrogens is 3. The van der Waals surface area contributed by atoms with Crippen molar-refractivity contribution in [3.8, 4) is 0 Å². The zero-order chi connectivity index (χ0) is 38.1. The van der Waals surface area contributed by atoms with E-state index in [1.54, 1.807) is 6.07 Å². The average Bonchev–Trinajstić information content (AvgIpc) is 3.03. The molecule has 5 aromatic rings. The summed E-state index contributed by atoms with van der Waals surface area (Å²) in [5.74, 6) is -1.05. The summed E-state index contributed by atoms with van der Waals surface area (Å²) in [6.45, 7) is -0.805. The lowest BCUT2D eigenvalue weighted by Gasteiger charge is -2.11. The van der Waals surface area contributed by atoms with Crippen molar-refractivity contribution in [2.24, 2.45) is 10.2 Å². The Morgan fingerprint density at radius 1 is 0.692 bits per heavy atom. The lowest BCUT2D eigenvalue weighted by Crippen LogP contribution is -2.15. The molecule has 0 aliphatic rings. The van der Waals surface area contributed by atoms with Crippen molar-refractivity contribution in [3.63, 3.8) is 0 Å². The summed E-state index contributed by atoms with van der Waals surface area (Å²) >= 11 is 6.07. The third-order valence-corrected chi connectivity index (χ3v) is 10.8. The molecule has 0 bridgehead atoms. The van der Waals surface area contributed by atoms with E-state index < -0.39 is 68.3 Å². The molecule has 0 saturated heterocycles. The van der Waals surface area contributed by atoms with E-state index in [9.17, 15) is 42.8 Å². The largest absolute Gasteiger partial charge is 0.397 e. The molecule has 0 atom stereocenters. The van der Waals surface area contributed by atoms with Crippen LogP contribution in [0.25, 0.3) is 10.8 Å². The van der Waals surface area contributed by atoms with Crippen molar-refractivity contribution in [3.05, 3.63) is 78.1 Å². The molecular weight excluding hydrogens is 792 g/mol. The number of anilines is 5. The first-order valence-corrected chi connectivity index (χ1v) is 20.2. The molecule has 0 aliphatic carbocycles. The molecule has 0 spiro atoms. The van der Waals surface area contributed by atoms with Gasteiger partial charge in [0.05, 0.1) is 22.9 Å². The van der Waals surface area contributed by atoms with E-state index in [1.165, 1.54) is 48.5 Å². The van der Waals surface area contributed by atoms with Crippen molar-refractivity contribution in [1.29, 1.82) is 0 Å². The van der Waals surface area contributed by atoms with Crippen molar-refractivity contribution < 1.29 is 51.5 Å². The van der Waals surface area contributed by atoms with E-state index in [-0.39, 0.29) is 55.6 Å². The minimum Gasteiger partial charge on any atom is -0.396 e. The van der Waals surface area contributed by atoms with Gasteiger partial charge in [-0.15, -0.1) is 10.2 Å². The number of nitrogens with zero attached hydrogens (tertiary/aromatic N) is 5. The average molecular weight is 815 g/mol. The van der Waals surface area contributed by atoms with Crippen LogP contribution in [-0.4, -0.2) is 74.6 Å². The van der Waals surface area contributed by atoms with Crippen molar-refractivity contribution in [2.75, 3.05) is 28.7 Å². The SMILES string of the molecule is Nc1c(/N=N/c2cc(Nc3nc(Cl)nc(Nc4ccc(S(=O)(=O)CCOS(=O)(=O)O)cc4)n3)ccc2S(=O)(=O)O)cc(S(=O)(=O)O)c2ccccc12. The van der Waals surface area contributed by atoms with Crippen molar-refractivity contribution in [2.45, 2.75) is 14.7 Å². The molecule has 4 aromatic carbocycles. The minimum atomic E-state index is -4.87. The van der Waals surface area contributed by atoms with Crippen LogP contribution in [-0.2, 0) is 44.7 Å². The fourth-order valence-corrected chi connectivity index (χ4v) is 7.45. The molecule has 274 valence electrons. The molecule has 0 radical (unpaired) electrons.